The van der Waals surface area contributed by atoms with E-state index in [2.05, 4.69) is 63.2 Å². The molecule has 0 saturated heterocycles. The summed E-state index contributed by atoms with van der Waals surface area (Å²) >= 11 is 1.86. The van der Waals surface area contributed by atoms with Gasteiger partial charge in [-0.2, -0.15) is 0 Å². The third-order valence-electron chi connectivity index (χ3n) is 2.05. The molecule has 0 aromatic heterocycles. The van der Waals surface area contributed by atoms with Gasteiger partial charge in [-0.3, -0.25) is 0 Å². The highest BCUT2D eigenvalue weighted by Gasteiger charge is 2.12. The Morgan fingerprint density at radius 1 is 1.00 bits per heavy atom. The summed E-state index contributed by atoms with van der Waals surface area (Å²) < 4.78 is 0.249. The van der Waals surface area contributed by atoms with Gasteiger partial charge in [0.15, 0.2) is 0 Å². The molecule has 0 nitrogen and oxygen atoms in total. The van der Waals surface area contributed by atoms with Crippen LogP contribution in [0.3, 0.4) is 0 Å². The highest BCUT2D eigenvalue weighted by Crippen LogP contribution is 2.32. The third kappa shape index (κ3) is 2.75. The van der Waals surface area contributed by atoms with Crippen LogP contribution in [-0.2, 0) is 0 Å². The normalized spacial score (nSPS) is 11.9. The number of hydrogen-bond donors (Lipinski definition) is 0. The van der Waals surface area contributed by atoms with Crippen LogP contribution in [0.2, 0.25) is 0 Å². The van der Waals surface area contributed by atoms with E-state index in [1.807, 2.05) is 11.8 Å². The predicted octanol–water partition coefficient (Wildman–Crippen LogP) is 4.53. The van der Waals surface area contributed by atoms with Crippen molar-refractivity contribution in [2.45, 2.75) is 30.4 Å². The lowest BCUT2D eigenvalue weighted by Crippen LogP contribution is -2.06. The lowest BCUT2D eigenvalue weighted by molar-refractivity contribution is 0.803. The van der Waals surface area contributed by atoms with E-state index in [-0.39, 0.29) is 4.75 Å². The molecule has 0 amide bonds. The lowest BCUT2D eigenvalue weighted by Gasteiger charge is -2.17. The summed E-state index contributed by atoms with van der Waals surface area (Å²) in [4.78, 5) is 1.22. The Hall–Kier alpha value is -0.950. The molecule has 0 heterocycles. The molecular weight excluding hydrogens is 200 g/mol. The fourth-order valence-corrected chi connectivity index (χ4v) is 2.44. The third-order valence-corrected chi connectivity index (χ3v) is 3.12. The molecule has 0 bridgehead atoms. The summed E-state index contributed by atoms with van der Waals surface area (Å²) in [6.07, 6.45) is 0. The van der Waals surface area contributed by atoms with Crippen molar-refractivity contribution in [3.05, 3.63) is 42.5 Å². The zero-order chi connectivity index (χ0) is 10.9. The highest BCUT2D eigenvalue weighted by atomic mass is 32.2. The zero-order valence-electron chi connectivity index (χ0n) is 9.37. The maximum absolute atomic E-state index is 3.45. The second kappa shape index (κ2) is 3.90. The van der Waals surface area contributed by atoms with Gasteiger partial charge in [-0.1, -0.05) is 51.1 Å². The minimum Gasteiger partial charge on any atom is -0.120 e. The summed E-state index contributed by atoms with van der Waals surface area (Å²) in [6.45, 7) is 6.67. The van der Waals surface area contributed by atoms with Gasteiger partial charge in [0.05, 0.1) is 0 Å². The molecule has 0 atom stereocenters. The van der Waals surface area contributed by atoms with Crippen LogP contribution in [0.5, 0.6) is 0 Å². The molecule has 0 saturated carbocycles. The summed E-state index contributed by atoms with van der Waals surface area (Å²) in [6, 6.07) is 16.1. The minimum atomic E-state index is 0.249. The average molecular weight is 215 g/mol. The van der Waals surface area contributed by atoms with Crippen LogP contribution in [-0.4, -0.2) is 4.75 Å². The Morgan fingerprint density at radius 2 is 1.73 bits per heavy atom. The van der Waals surface area contributed by atoms with E-state index >= 15 is 0 Å². The molecule has 1 radical (unpaired) electrons. The van der Waals surface area contributed by atoms with Crippen LogP contribution in [0.4, 0.5) is 0 Å². The van der Waals surface area contributed by atoms with E-state index in [1.54, 1.807) is 0 Å². The Balaban J connectivity index is 2.39. The van der Waals surface area contributed by atoms with Crippen molar-refractivity contribution >= 4 is 22.5 Å². The van der Waals surface area contributed by atoms with Crippen LogP contribution in [0.15, 0.2) is 41.3 Å². The molecule has 0 unspecified atom stereocenters. The number of thioether (sulfide) groups is 1. The Morgan fingerprint density at radius 3 is 2.47 bits per heavy atom. The molecule has 2 aromatic rings. The second-order valence-corrected chi connectivity index (χ2v) is 6.49. The summed E-state index contributed by atoms with van der Waals surface area (Å²) in [7, 11) is 0. The number of fused-ring (bicyclic) bond motifs is 1. The van der Waals surface area contributed by atoms with Gasteiger partial charge in [0.1, 0.15) is 0 Å². The number of benzene rings is 2. The standard InChI is InChI=1S/C14H15S/c1-14(2,3)15-13-9-8-11-6-4-5-7-12(11)10-13/h4-9H,1-3H3. The van der Waals surface area contributed by atoms with Crippen molar-refractivity contribution in [3.63, 3.8) is 0 Å². The molecule has 0 aliphatic rings. The first kappa shape index (κ1) is 10.6. The van der Waals surface area contributed by atoms with Gasteiger partial charge in [-0.25, -0.2) is 0 Å². The van der Waals surface area contributed by atoms with Gasteiger partial charge in [0.25, 0.3) is 0 Å². The van der Waals surface area contributed by atoms with Gasteiger partial charge in [-0.05, 0) is 16.8 Å². The predicted molar refractivity (Wildman–Crippen MR) is 68.4 cm³/mol. The fraction of sp³-hybridized carbons (Fsp3) is 0.286. The molecule has 0 N–H and O–H groups in total. The molecule has 0 spiro atoms. The van der Waals surface area contributed by atoms with E-state index in [0.717, 1.165) is 0 Å². The van der Waals surface area contributed by atoms with E-state index in [4.69, 9.17) is 0 Å². The summed E-state index contributed by atoms with van der Waals surface area (Å²) in [5, 5.41) is 2.46. The van der Waals surface area contributed by atoms with E-state index < -0.39 is 0 Å². The van der Waals surface area contributed by atoms with Crippen LogP contribution in [0.25, 0.3) is 10.8 Å². The number of hydrogen-bond acceptors (Lipinski definition) is 1. The molecule has 15 heavy (non-hydrogen) atoms. The molecule has 1 heteroatoms. The first-order chi connectivity index (χ1) is 7.04. The van der Waals surface area contributed by atoms with Crippen LogP contribution < -0.4 is 0 Å². The quantitative estimate of drug-likeness (QED) is 0.630. The van der Waals surface area contributed by atoms with Crippen molar-refractivity contribution in [2.24, 2.45) is 0 Å². The monoisotopic (exact) mass is 215 g/mol. The molecule has 0 aliphatic carbocycles. The molecular formula is C14H15S. The Kier molecular flexibility index (Phi) is 2.74. The van der Waals surface area contributed by atoms with E-state index in [9.17, 15) is 0 Å². The van der Waals surface area contributed by atoms with E-state index in [1.165, 1.54) is 15.7 Å². The second-order valence-electron chi connectivity index (χ2n) is 4.62. The highest BCUT2D eigenvalue weighted by molar-refractivity contribution is 8.00. The van der Waals surface area contributed by atoms with Crippen molar-refractivity contribution in [1.29, 1.82) is 0 Å². The van der Waals surface area contributed by atoms with Crippen LogP contribution in [0.1, 0.15) is 20.8 Å². The first-order valence-corrected chi connectivity index (χ1v) is 5.96. The van der Waals surface area contributed by atoms with Crippen molar-refractivity contribution in [2.75, 3.05) is 0 Å². The molecule has 2 rings (SSSR count). The topological polar surface area (TPSA) is 0 Å². The van der Waals surface area contributed by atoms with Crippen LogP contribution >= 0.6 is 11.8 Å². The Labute approximate surface area is 95.7 Å². The minimum absolute atomic E-state index is 0.249. The van der Waals surface area contributed by atoms with E-state index in [0.29, 0.717) is 0 Å². The lowest BCUT2D eigenvalue weighted by atomic mass is 10.1. The van der Waals surface area contributed by atoms with Crippen molar-refractivity contribution in [1.82, 2.24) is 0 Å². The molecule has 2 aromatic carbocycles. The Bertz CT molecular complexity index is 466. The molecule has 0 aliphatic heterocycles. The van der Waals surface area contributed by atoms with Crippen molar-refractivity contribution in [3.8, 4) is 0 Å². The number of rotatable bonds is 1. The van der Waals surface area contributed by atoms with Gasteiger partial charge >= 0.3 is 0 Å². The maximum Gasteiger partial charge on any atom is 0.0163 e. The fourth-order valence-electron chi connectivity index (χ4n) is 1.49. The van der Waals surface area contributed by atoms with Gasteiger partial charge in [0, 0.05) is 15.7 Å². The average Bonchev–Trinajstić information content (AvgIpc) is 2.15. The smallest absolute Gasteiger partial charge is 0.0163 e. The summed E-state index contributed by atoms with van der Waals surface area (Å²) in [5.74, 6) is 0. The summed E-state index contributed by atoms with van der Waals surface area (Å²) in [5.41, 5.74) is 0. The SMILES string of the molecule is CC(C)(C)Sc1[c]c2ccccc2cc1. The molecule has 0 fully saturated rings. The van der Waals surface area contributed by atoms with Gasteiger partial charge in [0.2, 0.25) is 0 Å². The van der Waals surface area contributed by atoms with Crippen LogP contribution in [0, 0.1) is 6.07 Å². The first-order valence-electron chi connectivity index (χ1n) is 5.15. The maximum atomic E-state index is 3.45. The van der Waals surface area contributed by atoms with Gasteiger partial charge in [-0.15, -0.1) is 11.8 Å². The molecule has 77 valence electrons. The zero-order valence-corrected chi connectivity index (χ0v) is 10.2. The largest absolute Gasteiger partial charge is 0.120 e. The van der Waals surface area contributed by atoms with Gasteiger partial charge < -0.3 is 0 Å². The van der Waals surface area contributed by atoms with Crippen molar-refractivity contribution < 1.29 is 0 Å².